The lowest BCUT2D eigenvalue weighted by Gasteiger charge is -2.28. The van der Waals surface area contributed by atoms with E-state index in [1.165, 1.54) is 11.1 Å². The Hall–Kier alpha value is -2.37. The van der Waals surface area contributed by atoms with Crippen LogP contribution < -0.4 is 4.74 Å². The van der Waals surface area contributed by atoms with Gasteiger partial charge in [-0.1, -0.05) is 62.4 Å². The van der Waals surface area contributed by atoms with E-state index in [0.717, 1.165) is 31.7 Å². The molecule has 1 unspecified atom stereocenters. The highest BCUT2D eigenvalue weighted by Gasteiger charge is 2.19. The molecule has 1 N–H and O–H groups in total. The Labute approximate surface area is 174 Å². The maximum Gasteiger partial charge on any atom is 0.307 e. The molecule has 0 heterocycles. The first-order valence-electron chi connectivity index (χ1n) is 10.5. The number of benzene rings is 2. The molecule has 0 aliphatic heterocycles. The van der Waals surface area contributed by atoms with Gasteiger partial charge in [0.2, 0.25) is 0 Å². The minimum atomic E-state index is -0.842. The first kappa shape index (κ1) is 22.9. The zero-order valence-corrected chi connectivity index (χ0v) is 17.5. The second-order valence-electron chi connectivity index (χ2n) is 6.94. The normalized spacial score (nSPS) is 12.1. The molecule has 0 fully saturated rings. The Kier molecular flexibility index (Phi) is 10.2. The number of aryl methyl sites for hydroxylation is 2. The quantitative estimate of drug-likeness (QED) is 0.377. The SMILES string of the molecule is CCN(CC)C(CC(=O)O)OCCCOc1ccccc1CCc1ccccc1. The van der Waals surface area contributed by atoms with Gasteiger partial charge in [0.1, 0.15) is 12.0 Å². The summed E-state index contributed by atoms with van der Waals surface area (Å²) >= 11 is 0. The summed E-state index contributed by atoms with van der Waals surface area (Å²) in [6.07, 6.45) is 2.22. The van der Waals surface area contributed by atoms with Crippen LogP contribution in [0.4, 0.5) is 0 Å². The molecule has 0 spiro atoms. The first-order valence-corrected chi connectivity index (χ1v) is 10.5. The molecule has 0 saturated carbocycles. The van der Waals surface area contributed by atoms with E-state index >= 15 is 0 Å². The number of carboxylic acid groups (broad SMARTS) is 1. The van der Waals surface area contributed by atoms with Gasteiger partial charge in [-0.2, -0.15) is 0 Å². The average molecular weight is 400 g/mol. The molecule has 0 saturated heterocycles. The zero-order chi connectivity index (χ0) is 20.9. The van der Waals surface area contributed by atoms with Gasteiger partial charge >= 0.3 is 5.97 Å². The van der Waals surface area contributed by atoms with E-state index in [4.69, 9.17) is 14.6 Å². The van der Waals surface area contributed by atoms with Crippen molar-refractivity contribution in [3.63, 3.8) is 0 Å². The minimum Gasteiger partial charge on any atom is -0.493 e. The Balaban J connectivity index is 1.79. The summed E-state index contributed by atoms with van der Waals surface area (Å²) in [6.45, 7) is 6.56. The lowest BCUT2D eigenvalue weighted by molar-refractivity contribution is -0.145. The van der Waals surface area contributed by atoms with Crippen molar-refractivity contribution in [3.05, 3.63) is 65.7 Å². The molecule has 5 nitrogen and oxygen atoms in total. The average Bonchev–Trinajstić information content (AvgIpc) is 2.73. The number of carboxylic acids is 1. The number of aliphatic carboxylic acids is 1. The number of para-hydroxylation sites is 1. The van der Waals surface area contributed by atoms with Crippen LogP contribution in [0, 0.1) is 0 Å². The third kappa shape index (κ3) is 8.26. The third-order valence-electron chi connectivity index (χ3n) is 4.92. The summed E-state index contributed by atoms with van der Waals surface area (Å²) in [4.78, 5) is 13.1. The summed E-state index contributed by atoms with van der Waals surface area (Å²) in [7, 11) is 0. The molecule has 0 aromatic heterocycles. The van der Waals surface area contributed by atoms with Gasteiger partial charge in [0.15, 0.2) is 0 Å². The maximum atomic E-state index is 11.1. The second-order valence-corrected chi connectivity index (χ2v) is 6.94. The highest BCUT2D eigenvalue weighted by Crippen LogP contribution is 2.20. The van der Waals surface area contributed by atoms with Crippen LogP contribution in [0.15, 0.2) is 54.6 Å². The van der Waals surface area contributed by atoms with Crippen molar-refractivity contribution in [2.24, 2.45) is 0 Å². The molecular formula is C24H33NO4. The van der Waals surface area contributed by atoms with E-state index in [9.17, 15) is 4.79 Å². The van der Waals surface area contributed by atoms with E-state index in [0.29, 0.717) is 19.6 Å². The van der Waals surface area contributed by atoms with Crippen LogP contribution in [0.2, 0.25) is 0 Å². The van der Waals surface area contributed by atoms with Crippen LogP contribution in [-0.4, -0.2) is 48.5 Å². The lowest BCUT2D eigenvalue weighted by atomic mass is 10.0. The van der Waals surface area contributed by atoms with Gasteiger partial charge in [0.25, 0.3) is 0 Å². The van der Waals surface area contributed by atoms with Crippen LogP contribution in [0.25, 0.3) is 0 Å². The van der Waals surface area contributed by atoms with Crippen molar-refractivity contribution in [1.82, 2.24) is 4.90 Å². The number of ether oxygens (including phenoxy) is 2. The van der Waals surface area contributed by atoms with E-state index in [-0.39, 0.29) is 12.6 Å². The predicted molar refractivity (Wildman–Crippen MR) is 115 cm³/mol. The number of nitrogens with zero attached hydrogens (tertiary/aromatic N) is 1. The van der Waals surface area contributed by atoms with Gasteiger partial charge in [0, 0.05) is 6.42 Å². The fraction of sp³-hybridized carbons (Fsp3) is 0.458. The fourth-order valence-corrected chi connectivity index (χ4v) is 3.31. The molecule has 0 aliphatic carbocycles. The summed E-state index contributed by atoms with van der Waals surface area (Å²) in [5.74, 6) is 0.0692. The van der Waals surface area contributed by atoms with Crippen molar-refractivity contribution in [2.45, 2.75) is 45.8 Å². The van der Waals surface area contributed by atoms with Gasteiger partial charge in [-0.3, -0.25) is 9.69 Å². The van der Waals surface area contributed by atoms with Gasteiger partial charge in [0.05, 0.1) is 19.6 Å². The van der Waals surface area contributed by atoms with Gasteiger partial charge in [-0.05, 0) is 43.1 Å². The largest absolute Gasteiger partial charge is 0.493 e. The molecule has 29 heavy (non-hydrogen) atoms. The van der Waals surface area contributed by atoms with E-state index in [2.05, 4.69) is 30.3 Å². The number of hydrogen-bond acceptors (Lipinski definition) is 4. The Bertz CT molecular complexity index is 716. The second kappa shape index (κ2) is 13.0. The van der Waals surface area contributed by atoms with E-state index in [1.807, 2.05) is 43.0 Å². The molecular weight excluding hydrogens is 366 g/mol. The Morgan fingerprint density at radius 3 is 2.34 bits per heavy atom. The maximum absolute atomic E-state index is 11.1. The van der Waals surface area contributed by atoms with E-state index in [1.54, 1.807) is 0 Å². The fourth-order valence-electron chi connectivity index (χ4n) is 3.31. The summed E-state index contributed by atoms with van der Waals surface area (Å²) in [6, 6.07) is 18.6. The molecule has 2 rings (SSSR count). The molecule has 0 amide bonds. The molecule has 5 heteroatoms. The molecule has 1 atom stereocenters. The van der Waals surface area contributed by atoms with Crippen molar-refractivity contribution in [3.8, 4) is 5.75 Å². The number of rotatable bonds is 14. The first-order chi connectivity index (χ1) is 14.1. The molecule has 158 valence electrons. The van der Waals surface area contributed by atoms with Crippen LogP contribution in [0.3, 0.4) is 0 Å². The molecule has 0 radical (unpaired) electrons. The van der Waals surface area contributed by atoms with Gasteiger partial charge < -0.3 is 14.6 Å². The topological polar surface area (TPSA) is 59.0 Å². The van der Waals surface area contributed by atoms with Crippen molar-refractivity contribution < 1.29 is 19.4 Å². The van der Waals surface area contributed by atoms with Crippen LogP contribution in [0.1, 0.15) is 37.8 Å². The predicted octanol–water partition coefficient (Wildman–Crippen LogP) is 4.40. The van der Waals surface area contributed by atoms with E-state index < -0.39 is 5.97 Å². The van der Waals surface area contributed by atoms with Crippen LogP contribution >= 0.6 is 0 Å². The van der Waals surface area contributed by atoms with Gasteiger partial charge in [-0.15, -0.1) is 0 Å². The van der Waals surface area contributed by atoms with Crippen LogP contribution in [0.5, 0.6) is 5.75 Å². The Morgan fingerprint density at radius 1 is 0.966 bits per heavy atom. The smallest absolute Gasteiger partial charge is 0.307 e. The zero-order valence-electron chi connectivity index (χ0n) is 17.5. The standard InChI is InChI=1S/C24H33NO4/c1-3-25(4-2)23(19-24(26)27)29-18-10-17-28-22-14-9-8-13-21(22)16-15-20-11-6-5-7-12-20/h5-9,11-14,23H,3-4,10,15-19H2,1-2H3,(H,26,27). The van der Waals surface area contributed by atoms with Crippen molar-refractivity contribution in [2.75, 3.05) is 26.3 Å². The summed E-state index contributed by atoms with van der Waals surface area (Å²) in [5.41, 5.74) is 2.51. The molecule has 0 aliphatic rings. The molecule has 2 aromatic rings. The van der Waals surface area contributed by atoms with Crippen molar-refractivity contribution in [1.29, 1.82) is 0 Å². The van der Waals surface area contributed by atoms with Crippen LogP contribution in [-0.2, 0) is 22.4 Å². The van der Waals surface area contributed by atoms with Gasteiger partial charge in [-0.25, -0.2) is 0 Å². The molecule has 2 aromatic carbocycles. The highest BCUT2D eigenvalue weighted by molar-refractivity contribution is 5.67. The summed E-state index contributed by atoms with van der Waals surface area (Å²) < 4.78 is 11.8. The highest BCUT2D eigenvalue weighted by atomic mass is 16.5. The number of hydrogen-bond donors (Lipinski definition) is 1. The Morgan fingerprint density at radius 2 is 1.66 bits per heavy atom. The molecule has 0 bridgehead atoms. The monoisotopic (exact) mass is 399 g/mol. The summed E-state index contributed by atoms with van der Waals surface area (Å²) in [5, 5.41) is 9.11. The number of carbonyl (C=O) groups is 1. The third-order valence-corrected chi connectivity index (χ3v) is 4.92. The minimum absolute atomic E-state index is 0.00907. The van der Waals surface area contributed by atoms with Crippen molar-refractivity contribution >= 4 is 5.97 Å². The lowest BCUT2D eigenvalue weighted by Crippen LogP contribution is -2.39.